The molecule has 0 fully saturated rings. The Hall–Kier alpha value is -2.92. The number of para-hydroxylation sites is 1. The Kier molecular flexibility index (Phi) is 6.39. The van der Waals surface area contributed by atoms with Crippen LogP contribution in [0.2, 0.25) is 0 Å². The lowest BCUT2D eigenvalue weighted by molar-refractivity contribution is -0.116. The van der Waals surface area contributed by atoms with Crippen LogP contribution in [0.5, 0.6) is 5.75 Å². The van der Waals surface area contributed by atoms with E-state index in [1.807, 2.05) is 67.8 Å². The number of carbonyl (C=O) groups is 1. The molecule has 1 N–H and O–H groups in total. The monoisotopic (exact) mass is 378 g/mol. The van der Waals surface area contributed by atoms with Gasteiger partial charge in [-0.3, -0.25) is 4.79 Å². The second kappa shape index (κ2) is 9.14. The van der Waals surface area contributed by atoms with E-state index in [0.717, 1.165) is 27.6 Å². The van der Waals surface area contributed by atoms with Gasteiger partial charge in [0.25, 0.3) is 0 Å². The van der Waals surface area contributed by atoms with Gasteiger partial charge in [-0.05, 0) is 31.6 Å². The van der Waals surface area contributed by atoms with Crippen molar-refractivity contribution in [2.45, 2.75) is 27.0 Å². The van der Waals surface area contributed by atoms with Crippen LogP contribution in [-0.2, 0) is 17.9 Å². The van der Waals surface area contributed by atoms with Gasteiger partial charge in [0, 0.05) is 23.6 Å². The van der Waals surface area contributed by atoms with E-state index in [9.17, 15) is 4.79 Å². The van der Waals surface area contributed by atoms with Gasteiger partial charge < -0.3 is 10.1 Å². The Labute approximate surface area is 163 Å². The second-order valence-electron chi connectivity index (χ2n) is 6.22. The molecular formula is C22H22N2O2S. The normalized spacial score (nSPS) is 10.9. The van der Waals surface area contributed by atoms with Crippen LogP contribution >= 0.6 is 11.3 Å². The van der Waals surface area contributed by atoms with Gasteiger partial charge in [0.05, 0.1) is 10.7 Å². The Morgan fingerprint density at radius 1 is 1.15 bits per heavy atom. The summed E-state index contributed by atoms with van der Waals surface area (Å²) in [6.07, 6.45) is 3.30. The zero-order valence-corrected chi connectivity index (χ0v) is 16.3. The second-order valence-corrected chi connectivity index (χ2v) is 7.28. The molecule has 4 nitrogen and oxygen atoms in total. The summed E-state index contributed by atoms with van der Waals surface area (Å²) in [7, 11) is 0. The molecule has 0 atom stereocenters. The number of hydrogen-bond donors (Lipinski definition) is 1. The summed E-state index contributed by atoms with van der Waals surface area (Å²) < 4.78 is 5.87. The number of aryl methyl sites for hydroxylation is 2. The number of amides is 1. The molecule has 1 amide bonds. The molecule has 0 saturated carbocycles. The van der Waals surface area contributed by atoms with Gasteiger partial charge in [-0.15, -0.1) is 11.3 Å². The van der Waals surface area contributed by atoms with E-state index in [0.29, 0.717) is 13.2 Å². The number of nitrogens with one attached hydrogen (secondary N) is 1. The number of hydrogen-bond acceptors (Lipinski definition) is 4. The minimum Gasteiger partial charge on any atom is -0.487 e. The molecule has 2 aromatic carbocycles. The number of rotatable bonds is 7. The van der Waals surface area contributed by atoms with E-state index in [-0.39, 0.29) is 5.91 Å². The van der Waals surface area contributed by atoms with Gasteiger partial charge in [0.15, 0.2) is 0 Å². The molecule has 1 aromatic heterocycles. The van der Waals surface area contributed by atoms with E-state index in [1.54, 1.807) is 17.4 Å². The summed E-state index contributed by atoms with van der Waals surface area (Å²) in [5.74, 6) is 0.589. The van der Waals surface area contributed by atoms with Gasteiger partial charge in [-0.2, -0.15) is 0 Å². The van der Waals surface area contributed by atoms with Crippen molar-refractivity contribution >= 4 is 23.3 Å². The highest BCUT2D eigenvalue weighted by atomic mass is 32.1. The average Bonchev–Trinajstić information content (AvgIpc) is 3.10. The maximum atomic E-state index is 12.1. The van der Waals surface area contributed by atoms with Crippen molar-refractivity contribution in [3.8, 4) is 5.75 Å². The lowest BCUT2D eigenvalue weighted by Crippen LogP contribution is -2.20. The van der Waals surface area contributed by atoms with Crippen molar-refractivity contribution < 1.29 is 9.53 Å². The third kappa shape index (κ3) is 5.79. The standard InChI is InChI=1S/C22H22N2O2S/c1-16-7-9-18(10-8-16)13-23-22(25)12-11-19-5-3-4-6-21(19)26-14-20-15-27-17(2)24-20/h3-12,15H,13-14H2,1-2H3,(H,23,25)/b12-11+. The fourth-order valence-corrected chi connectivity index (χ4v) is 3.09. The number of carbonyl (C=O) groups excluding carboxylic acids is 1. The van der Waals surface area contributed by atoms with Crippen molar-refractivity contribution in [2.24, 2.45) is 0 Å². The predicted octanol–water partition coefficient (Wildman–Crippen LogP) is 4.67. The Morgan fingerprint density at radius 3 is 2.67 bits per heavy atom. The first-order valence-electron chi connectivity index (χ1n) is 8.74. The third-order valence-corrected chi connectivity index (χ3v) is 4.79. The zero-order valence-electron chi connectivity index (χ0n) is 15.4. The largest absolute Gasteiger partial charge is 0.487 e. The quantitative estimate of drug-likeness (QED) is 0.608. The van der Waals surface area contributed by atoms with Crippen LogP contribution in [0.25, 0.3) is 6.08 Å². The van der Waals surface area contributed by atoms with E-state index < -0.39 is 0 Å². The Balaban J connectivity index is 1.57. The van der Waals surface area contributed by atoms with E-state index in [2.05, 4.69) is 10.3 Å². The molecule has 1 heterocycles. The molecule has 0 saturated heterocycles. The molecule has 138 valence electrons. The van der Waals surface area contributed by atoms with Crippen LogP contribution in [0.4, 0.5) is 0 Å². The SMILES string of the molecule is Cc1ccc(CNC(=O)/C=C/c2ccccc2OCc2csc(C)n2)cc1. The van der Waals surface area contributed by atoms with Gasteiger partial charge in [-0.25, -0.2) is 4.98 Å². The van der Waals surface area contributed by atoms with Crippen LogP contribution in [-0.4, -0.2) is 10.9 Å². The van der Waals surface area contributed by atoms with Crippen LogP contribution in [0.3, 0.4) is 0 Å². The number of aromatic nitrogens is 1. The van der Waals surface area contributed by atoms with Crippen LogP contribution in [0, 0.1) is 13.8 Å². The Bertz CT molecular complexity index is 929. The number of benzene rings is 2. The fraction of sp³-hybridized carbons (Fsp3) is 0.182. The van der Waals surface area contributed by atoms with Crippen molar-refractivity contribution in [3.05, 3.63) is 87.4 Å². The summed E-state index contributed by atoms with van der Waals surface area (Å²) in [4.78, 5) is 16.5. The fourth-order valence-electron chi connectivity index (χ4n) is 2.50. The molecule has 0 aliphatic heterocycles. The average molecular weight is 378 g/mol. The highest BCUT2D eigenvalue weighted by Gasteiger charge is 2.04. The highest BCUT2D eigenvalue weighted by Crippen LogP contribution is 2.21. The third-order valence-electron chi connectivity index (χ3n) is 3.96. The Morgan fingerprint density at radius 2 is 1.93 bits per heavy atom. The molecule has 0 unspecified atom stereocenters. The molecule has 0 spiro atoms. The van der Waals surface area contributed by atoms with Crippen LogP contribution < -0.4 is 10.1 Å². The lowest BCUT2D eigenvalue weighted by atomic mass is 10.1. The first kappa shape index (κ1) is 18.9. The summed E-state index contributed by atoms with van der Waals surface area (Å²) in [6, 6.07) is 15.8. The molecule has 0 aliphatic carbocycles. The molecule has 3 aromatic rings. The summed E-state index contributed by atoms with van der Waals surface area (Å²) in [6.45, 7) is 4.93. The maximum Gasteiger partial charge on any atom is 0.244 e. The molecule has 27 heavy (non-hydrogen) atoms. The zero-order chi connectivity index (χ0) is 19.1. The molecule has 0 radical (unpaired) electrons. The van der Waals surface area contributed by atoms with Crippen molar-refractivity contribution in [1.82, 2.24) is 10.3 Å². The molecule has 3 rings (SSSR count). The van der Waals surface area contributed by atoms with Gasteiger partial charge >= 0.3 is 0 Å². The highest BCUT2D eigenvalue weighted by molar-refractivity contribution is 7.09. The smallest absolute Gasteiger partial charge is 0.244 e. The lowest BCUT2D eigenvalue weighted by Gasteiger charge is -2.08. The maximum absolute atomic E-state index is 12.1. The molecule has 0 aliphatic rings. The molecule has 0 bridgehead atoms. The predicted molar refractivity (Wildman–Crippen MR) is 110 cm³/mol. The van der Waals surface area contributed by atoms with E-state index >= 15 is 0 Å². The van der Waals surface area contributed by atoms with Crippen molar-refractivity contribution in [3.63, 3.8) is 0 Å². The topological polar surface area (TPSA) is 51.2 Å². The summed E-state index contributed by atoms with van der Waals surface area (Å²) >= 11 is 1.60. The minimum atomic E-state index is -0.138. The summed E-state index contributed by atoms with van der Waals surface area (Å²) in [5, 5.41) is 5.91. The molecule has 5 heteroatoms. The van der Waals surface area contributed by atoms with Crippen LogP contribution in [0.1, 0.15) is 27.4 Å². The van der Waals surface area contributed by atoms with Crippen molar-refractivity contribution in [1.29, 1.82) is 0 Å². The van der Waals surface area contributed by atoms with E-state index in [4.69, 9.17) is 4.74 Å². The summed E-state index contributed by atoms with van der Waals surface area (Å²) in [5.41, 5.74) is 4.04. The number of thiazole rings is 1. The van der Waals surface area contributed by atoms with Crippen LogP contribution in [0.15, 0.2) is 60.0 Å². The molecular weight excluding hydrogens is 356 g/mol. The first-order valence-corrected chi connectivity index (χ1v) is 9.62. The van der Waals surface area contributed by atoms with E-state index in [1.165, 1.54) is 11.6 Å². The van der Waals surface area contributed by atoms with Gasteiger partial charge in [-0.1, -0.05) is 48.0 Å². The van der Waals surface area contributed by atoms with Crippen molar-refractivity contribution in [2.75, 3.05) is 0 Å². The number of nitrogens with zero attached hydrogens (tertiary/aromatic N) is 1. The number of ether oxygens (including phenoxy) is 1. The van der Waals surface area contributed by atoms with Gasteiger partial charge in [0.2, 0.25) is 5.91 Å². The van der Waals surface area contributed by atoms with Gasteiger partial charge in [0.1, 0.15) is 12.4 Å². The minimum absolute atomic E-state index is 0.138. The first-order chi connectivity index (χ1) is 13.1.